The van der Waals surface area contributed by atoms with Crippen molar-refractivity contribution >= 4 is 18.1 Å². The average molecular weight is 261 g/mol. The molecule has 1 aromatic carbocycles. The normalized spacial score (nSPS) is 9.39. The fourth-order valence-electron chi connectivity index (χ4n) is 1.69. The van der Waals surface area contributed by atoms with Crippen LogP contribution in [-0.2, 0) is 6.42 Å². The zero-order chi connectivity index (χ0) is 12.1. The lowest BCUT2D eigenvalue weighted by Gasteiger charge is -2.14. The number of halogens is 1. The summed E-state index contributed by atoms with van der Waals surface area (Å²) in [4.78, 5) is 6.37. The van der Waals surface area contributed by atoms with Gasteiger partial charge in [0.05, 0.1) is 0 Å². The Hall–Kier alpha value is -1.80. The minimum Gasteiger partial charge on any atom is -0.352 e. The standard InChI is InChI=1S/C15H16N2.ClH/c1-3-17(2)15-9-10-16-14(12-15)11-13-7-5-4-6-8-13;/h3-10,12H,1,11H2,2H3;1H. The second-order valence-electron chi connectivity index (χ2n) is 3.96. The Labute approximate surface area is 114 Å². The second kappa shape index (κ2) is 6.82. The van der Waals surface area contributed by atoms with Gasteiger partial charge in [0.25, 0.3) is 0 Å². The van der Waals surface area contributed by atoms with Gasteiger partial charge >= 0.3 is 0 Å². The molecule has 2 rings (SSSR count). The van der Waals surface area contributed by atoms with Crippen LogP contribution in [0.4, 0.5) is 5.69 Å². The average Bonchev–Trinajstić information content (AvgIpc) is 2.39. The van der Waals surface area contributed by atoms with Crippen LogP contribution in [0.1, 0.15) is 11.3 Å². The Balaban J connectivity index is 0.00000162. The van der Waals surface area contributed by atoms with Crippen LogP contribution >= 0.6 is 12.4 Å². The third-order valence-corrected chi connectivity index (χ3v) is 2.71. The highest BCUT2D eigenvalue weighted by atomic mass is 35.5. The monoisotopic (exact) mass is 260 g/mol. The number of pyridine rings is 1. The molecular formula is C15H17ClN2. The summed E-state index contributed by atoms with van der Waals surface area (Å²) in [6.45, 7) is 3.76. The molecule has 0 bridgehead atoms. The van der Waals surface area contributed by atoms with Crippen molar-refractivity contribution in [3.63, 3.8) is 0 Å². The molecule has 2 aromatic rings. The summed E-state index contributed by atoms with van der Waals surface area (Å²) in [5, 5.41) is 0. The van der Waals surface area contributed by atoms with E-state index in [0.29, 0.717) is 0 Å². The fourth-order valence-corrected chi connectivity index (χ4v) is 1.69. The highest BCUT2D eigenvalue weighted by molar-refractivity contribution is 5.85. The molecule has 2 nitrogen and oxygen atoms in total. The van der Waals surface area contributed by atoms with E-state index in [1.54, 1.807) is 6.20 Å². The van der Waals surface area contributed by atoms with Crippen LogP contribution < -0.4 is 4.90 Å². The highest BCUT2D eigenvalue weighted by Gasteiger charge is 2.01. The maximum atomic E-state index is 4.39. The van der Waals surface area contributed by atoms with E-state index >= 15 is 0 Å². The topological polar surface area (TPSA) is 16.1 Å². The molecular weight excluding hydrogens is 244 g/mol. The van der Waals surface area contributed by atoms with E-state index in [9.17, 15) is 0 Å². The van der Waals surface area contributed by atoms with E-state index in [1.807, 2.05) is 30.3 Å². The molecule has 0 amide bonds. The summed E-state index contributed by atoms with van der Waals surface area (Å²) in [6.07, 6.45) is 4.49. The summed E-state index contributed by atoms with van der Waals surface area (Å²) < 4.78 is 0. The molecule has 0 radical (unpaired) electrons. The lowest BCUT2D eigenvalue weighted by molar-refractivity contribution is 1.06. The number of rotatable bonds is 4. The van der Waals surface area contributed by atoms with E-state index in [0.717, 1.165) is 17.8 Å². The van der Waals surface area contributed by atoms with Gasteiger partial charge in [-0.25, -0.2) is 0 Å². The Kier molecular flexibility index (Phi) is 5.40. The van der Waals surface area contributed by atoms with Crippen molar-refractivity contribution in [3.8, 4) is 0 Å². The van der Waals surface area contributed by atoms with Gasteiger partial charge in [-0.05, 0) is 23.9 Å². The Morgan fingerprint density at radius 2 is 1.94 bits per heavy atom. The molecule has 0 unspecified atom stereocenters. The molecule has 18 heavy (non-hydrogen) atoms. The van der Waals surface area contributed by atoms with E-state index < -0.39 is 0 Å². The molecule has 0 spiro atoms. The Morgan fingerprint density at radius 1 is 1.22 bits per heavy atom. The van der Waals surface area contributed by atoms with Gasteiger partial charge in [-0.1, -0.05) is 36.9 Å². The van der Waals surface area contributed by atoms with Crippen molar-refractivity contribution in [2.45, 2.75) is 6.42 Å². The van der Waals surface area contributed by atoms with Crippen LogP contribution in [0.2, 0.25) is 0 Å². The summed E-state index contributed by atoms with van der Waals surface area (Å²) in [5.41, 5.74) is 3.46. The van der Waals surface area contributed by atoms with Crippen LogP contribution in [0.25, 0.3) is 0 Å². The third kappa shape index (κ3) is 3.60. The van der Waals surface area contributed by atoms with Gasteiger partial charge in [-0.2, -0.15) is 0 Å². The summed E-state index contributed by atoms with van der Waals surface area (Å²) >= 11 is 0. The number of aromatic nitrogens is 1. The van der Waals surface area contributed by atoms with Crippen molar-refractivity contribution in [2.24, 2.45) is 0 Å². The fraction of sp³-hybridized carbons (Fsp3) is 0.133. The molecule has 0 atom stereocenters. The van der Waals surface area contributed by atoms with Crippen LogP contribution in [0, 0.1) is 0 Å². The molecule has 0 saturated heterocycles. The van der Waals surface area contributed by atoms with Gasteiger partial charge in [0, 0.05) is 31.0 Å². The zero-order valence-electron chi connectivity index (χ0n) is 10.4. The van der Waals surface area contributed by atoms with Crippen molar-refractivity contribution in [3.05, 3.63) is 72.7 Å². The SMILES string of the molecule is C=CN(C)c1ccnc(Cc2ccccc2)c1.Cl. The van der Waals surface area contributed by atoms with E-state index in [2.05, 4.69) is 41.9 Å². The molecule has 1 aromatic heterocycles. The Morgan fingerprint density at radius 3 is 2.61 bits per heavy atom. The van der Waals surface area contributed by atoms with Gasteiger partial charge in [0.1, 0.15) is 0 Å². The van der Waals surface area contributed by atoms with Gasteiger partial charge in [-0.3, -0.25) is 4.98 Å². The number of hydrogen-bond donors (Lipinski definition) is 0. The van der Waals surface area contributed by atoms with Crippen molar-refractivity contribution in [2.75, 3.05) is 11.9 Å². The van der Waals surface area contributed by atoms with Crippen molar-refractivity contribution in [1.82, 2.24) is 4.98 Å². The van der Waals surface area contributed by atoms with Crippen LogP contribution in [0.15, 0.2) is 61.4 Å². The molecule has 0 aliphatic carbocycles. The first kappa shape index (κ1) is 14.3. The Bertz CT molecular complexity index is 497. The van der Waals surface area contributed by atoms with Crippen molar-refractivity contribution < 1.29 is 0 Å². The smallest absolute Gasteiger partial charge is 0.0468 e. The third-order valence-electron chi connectivity index (χ3n) is 2.71. The van der Waals surface area contributed by atoms with E-state index in [-0.39, 0.29) is 12.4 Å². The summed E-state index contributed by atoms with van der Waals surface area (Å²) in [6, 6.07) is 14.4. The van der Waals surface area contributed by atoms with Crippen LogP contribution in [0.3, 0.4) is 0 Å². The molecule has 0 aliphatic rings. The zero-order valence-corrected chi connectivity index (χ0v) is 11.2. The first-order chi connectivity index (χ1) is 8.29. The van der Waals surface area contributed by atoms with E-state index in [4.69, 9.17) is 0 Å². The largest absolute Gasteiger partial charge is 0.352 e. The number of nitrogens with zero attached hydrogens (tertiary/aromatic N) is 2. The van der Waals surface area contributed by atoms with Crippen LogP contribution in [-0.4, -0.2) is 12.0 Å². The highest BCUT2D eigenvalue weighted by Crippen LogP contribution is 2.15. The molecule has 0 saturated carbocycles. The minimum atomic E-state index is 0. The summed E-state index contributed by atoms with van der Waals surface area (Å²) in [5.74, 6) is 0. The van der Waals surface area contributed by atoms with Gasteiger partial charge in [-0.15, -0.1) is 12.4 Å². The first-order valence-corrected chi connectivity index (χ1v) is 5.64. The second-order valence-corrected chi connectivity index (χ2v) is 3.96. The molecule has 0 fully saturated rings. The lowest BCUT2D eigenvalue weighted by Crippen LogP contribution is -2.07. The van der Waals surface area contributed by atoms with Gasteiger partial charge < -0.3 is 4.90 Å². The maximum Gasteiger partial charge on any atom is 0.0468 e. The predicted octanol–water partition coefficient (Wildman–Crippen LogP) is 3.67. The molecule has 1 heterocycles. The molecule has 0 aliphatic heterocycles. The first-order valence-electron chi connectivity index (χ1n) is 5.64. The van der Waals surface area contributed by atoms with E-state index in [1.165, 1.54) is 5.56 Å². The van der Waals surface area contributed by atoms with Crippen molar-refractivity contribution in [1.29, 1.82) is 0 Å². The summed E-state index contributed by atoms with van der Waals surface area (Å²) in [7, 11) is 1.98. The number of hydrogen-bond acceptors (Lipinski definition) is 2. The molecule has 0 N–H and O–H groups in total. The predicted molar refractivity (Wildman–Crippen MR) is 79.3 cm³/mol. The molecule has 3 heteroatoms. The maximum absolute atomic E-state index is 4.39. The minimum absolute atomic E-state index is 0. The number of anilines is 1. The number of benzene rings is 1. The quantitative estimate of drug-likeness (QED) is 0.834. The van der Waals surface area contributed by atoms with Gasteiger partial charge in [0.15, 0.2) is 0 Å². The lowest BCUT2D eigenvalue weighted by atomic mass is 10.1. The molecule has 94 valence electrons. The van der Waals surface area contributed by atoms with Crippen LogP contribution in [0.5, 0.6) is 0 Å². The van der Waals surface area contributed by atoms with Gasteiger partial charge in [0.2, 0.25) is 0 Å².